The van der Waals surface area contributed by atoms with Gasteiger partial charge in [0.05, 0.1) is 23.4 Å². The third kappa shape index (κ3) is 9.98. The van der Waals surface area contributed by atoms with E-state index in [1.807, 2.05) is 6.92 Å². The van der Waals surface area contributed by atoms with Crippen molar-refractivity contribution in [2.24, 2.45) is 16.2 Å². The summed E-state index contributed by atoms with van der Waals surface area (Å²) >= 11 is 0. The van der Waals surface area contributed by atoms with Crippen LogP contribution in [0, 0.1) is 16.2 Å². The van der Waals surface area contributed by atoms with Crippen molar-refractivity contribution in [1.82, 2.24) is 0 Å². The minimum absolute atomic E-state index is 0.136. The summed E-state index contributed by atoms with van der Waals surface area (Å²) in [5.41, 5.74) is -6.09. The van der Waals surface area contributed by atoms with E-state index in [0.29, 0.717) is 19.3 Å². The number of alkyl halides is 5. The first-order chi connectivity index (χ1) is 22.3. The van der Waals surface area contributed by atoms with Crippen molar-refractivity contribution >= 4 is 33.8 Å². The Labute approximate surface area is 283 Å². The number of ketones is 1. The minimum atomic E-state index is -6.53. The molecule has 1 aromatic rings. The van der Waals surface area contributed by atoms with Gasteiger partial charge in [-0.3, -0.25) is 19.2 Å². The van der Waals surface area contributed by atoms with Gasteiger partial charge in [0, 0.05) is 5.56 Å². The molecule has 0 N–H and O–H groups in total. The van der Waals surface area contributed by atoms with Gasteiger partial charge in [-0.15, -0.1) is 0 Å². The van der Waals surface area contributed by atoms with Crippen molar-refractivity contribution in [2.45, 2.75) is 116 Å². The topological polar surface area (TPSA) is 139 Å². The third-order valence-corrected chi connectivity index (χ3v) is 10.4. The fourth-order valence-electron chi connectivity index (χ4n) is 6.19. The molecule has 1 aliphatic carbocycles. The quantitative estimate of drug-likeness (QED) is 0.0544. The van der Waals surface area contributed by atoms with E-state index in [1.165, 1.54) is 52.8 Å². The van der Waals surface area contributed by atoms with Crippen LogP contribution in [0.15, 0.2) is 30.3 Å². The lowest BCUT2D eigenvalue weighted by molar-refractivity contribution is -0.183. The monoisotopic (exact) mass is 728 g/mol. The largest absolute Gasteiger partial charge is 0.469 e. The number of ether oxygens (including phenoxy) is 3. The van der Waals surface area contributed by atoms with Crippen LogP contribution >= 0.6 is 0 Å². The number of carbonyl (C=O) groups excluding carboxylic acids is 4. The molecule has 0 aromatic heterocycles. The fourth-order valence-corrected chi connectivity index (χ4v) is 6.99. The summed E-state index contributed by atoms with van der Waals surface area (Å²) in [4.78, 5) is 52.4. The summed E-state index contributed by atoms with van der Waals surface area (Å²) in [6.07, 6.45) is -6.95. The predicted molar refractivity (Wildman–Crippen MR) is 166 cm³/mol. The van der Waals surface area contributed by atoms with E-state index in [0.717, 1.165) is 32.1 Å². The SMILES string of the molecule is CCC1(OC(=O)C(C)(CC(C)(C)C(=O)OC)CC(C)(CC)C(=O)OCC(F)(F)S(=O)(=O)OC(C(=O)c2ccccc2)C(F)(F)F)CCCC1. The Balaban J connectivity index is 2.36. The molecule has 49 heavy (non-hydrogen) atoms. The van der Waals surface area contributed by atoms with Crippen molar-refractivity contribution in [1.29, 1.82) is 0 Å². The van der Waals surface area contributed by atoms with Crippen LogP contribution in [-0.2, 0) is 42.9 Å². The molecule has 3 atom stereocenters. The van der Waals surface area contributed by atoms with Gasteiger partial charge in [-0.05, 0) is 79.1 Å². The highest BCUT2D eigenvalue weighted by atomic mass is 32.2. The van der Waals surface area contributed by atoms with E-state index in [-0.39, 0.29) is 12.8 Å². The molecule has 0 aliphatic heterocycles. The number of rotatable bonds is 17. The number of Topliss-reactive ketones (excluding diaryl/α,β-unsaturated/α-hetero) is 1. The van der Waals surface area contributed by atoms with Crippen molar-refractivity contribution in [3.05, 3.63) is 35.9 Å². The van der Waals surface area contributed by atoms with Gasteiger partial charge in [0.1, 0.15) is 5.60 Å². The number of halogens is 5. The zero-order valence-corrected chi connectivity index (χ0v) is 29.5. The van der Waals surface area contributed by atoms with Gasteiger partial charge in [0.2, 0.25) is 11.9 Å². The van der Waals surface area contributed by atoms with Gasteiger partial charge >= 0.3 is 39.5 Å². The van der Waals surface area contributed by atoms with Gasteiger partial charge < -0.3 is 14.2 Å². The number of methoxy groups -OCH3 is 1. The molecule has 1 fully saturated rings. The smallest absolute Gasteiger partial charge is 0.423 e. The van der Waals surface area contributed by atoms with E-state index in [1.54, 1.807) is 0 Å². The number of esters is 3. The molecule has 0 heterocycles. The second-order valence-electron chi connectivity index (χ2n) is 13.8. The molecule has 0 saturated heterocycles. The average molecular weight is 729 g/mol. The number of hydrogen-bond donors (Lipinski definition) is 0. The third-order valence-electron chi connectivity index (χ3n) is 9.14. The normalized spacial score (nSPS) is 18.4. The van der Waals surface area contributed by atoms with Gasteiger partial charge in [-0.25, -0.2) is 4.18 Å². The summed E-state index contributed by atoms with van der Waals surface area (Å²) in [6, 6.07) is 5.52. The summed E-state index contributed by atoms with van der Waals surface area (Å²) in [7, 11) is -5.37. The van der Waals surface area contributed by atoms with Gasteiger partial charge in [-0.1, -0.05) is 44.2 Å². The van der Waals surface area contributed by atoms with E-state index in [4.69, 9.17) is 14.2 Å². The summed E-state index contributed by atoms with van der Waals surface area (Å²) in [5.74, 6) is -4.76. The second-order valence-corrected chi connectivity index (χ2v) is 15.5. The first kappa shape index (κ1) is 42.0. The summed E-state index contributed by atoms with van der Waals surface area (Å²) < 4.78 is 115. The standard InChI is InChI=1S/C33H45F5O10S/c1-8-29(5,20-30(6,19-28(3,4)25(40)45-7)27(42)47-31(9-2)17-13-14-18-31)26(41)46-21-32(34,35)49(43,44)48-24(33(36,37)38)23(39)22-15-11-10-12-16-22/h10-12,15-16,24H,8-9,13-14,17-21H2,1-7H3. The van der Waals surface area contributed by atoms with Crippen LogP contribution in [0.1, 0.15) is 103 Å². The zero-order valence-electron chi connectivity index (χ0n) is 28.7. The molecule has 0 bridgehead atoms. The maximum Gasteiger partial charge on any atom is 0.423 e. The highest BCUT2D eigenvalue weighted by Gasteiger charge is 2.57. The van der Waals surface area contributed by atoms with Crippen LogP contribution in [0.3, 0.4) is 0 Å². The Kier molecular flexibility index (Phi) is 13.2. The molecule has 1 saturated carbocycles. The molecule has 2 rings (SSSR count). The van der Waals surface area contributed by atoms with Crippen LogP contribution in [0.4, 0.5) is 22.0 Å². The summed E-state index contributed by atoms with van der Waals surface area (Å²) in [5, 5.41) is -5.23. The average Bonchev–Trinajstić information content (AvgIpc) is 3.49. The van der Waals surface area contributed by atoms with E-state index >= 15 is 0 Å². The molecule has 0 radical (unpaired) electrons. The highest BCUT2D eigenvalue weighted by Crippen LogP contribution is 2.48. The van der Waals surface area contributed by atoms with E-state index in [2.05, 4.69) is 4.18 Å². The fraction of sp³-hybridized carbons (Fsp3) is 0.697. The number of carbonyl (C=O) groups is 4. The van der Waals surface area contributed by atoms with Crippen molar-refractivity contribution in [3.8, 4) is 0 Å². The molecule has 1 aromatic carbocycles. The first-order valence-corrected chi connectivity index (χ1v) is 17.2. The lowest BCUT2D eigenvalue weighted by Gasteiger charge is -2.41. The number of benzene rings is 1. The van der Waals surface area contributed by atoms with Crippen LogP contribution < -0.4 is 0 Å². The molecule has 1 aliphatic rings. The van der Waals surface area contributed by atoms with Crippen molar-refractivity contribution in [2.75, 3.05) is 13.7 Å². The molecule has 3 unspecified atom stereocenters. The minimum Gasteiger partial charge on any atom is -0.469 e. The molecular formula is C33H45F5O10S. The Morgan fingerprint density at radius 2 is 1.39 bits per heavy atom. The molecule has 16 heteroatoms. The lowest BCUT2D eigenvalue weighted by atomic mass is 9.65. The second kappa shape index (κ2) is 15.4. The Hall–Kier alpha value is -3.14. The van der Waals surface area contributed by atoms with Crippen LogP contribution in [0.5, 0.6) is 0 Å². The highest BCUT2D eigenvalue weighted by molar-refractivity contribution is 7.87. The van der Waals surface area contributed by atoms with E-state index < -0.39 is 91.8 Å². The van der Waals surface area contributed by atoms with Gasteiger partial charge in [-0.2, -0.15) is 30.4 Å². The van der Waals surface area contributed by atoms with Crippen LogP contribution in [0.2, 0.25) is 0 Å². The lowest BCUT2D eigenvalue weighted by Crippen LogP contribution is -2.48. The number of hydrogen-bond acceptors (Lipinski definition) is 10. The van der Waals surface area contributed by atoms with Crippen LogP contribution in [0.25, 0.3) is 0 Å². The van der Waals surface area contributed by atoms with E-state index in [9.17, 15) is 49.5 Å². The Morgan fingerprint density at radius 3 is 1.86 bits per heavy atom. The maximum atomic E-state index is 15.0. The van der Waals surface area contributed by atoms with Gasteiger partial charge in [0.25, 0.3) is 0 Å². The Bertz CT molecular complexity index is 1460. The molecule has 10 nitrogen and oxygen atoms in total. The molecular weight excluding hydrogens is 683 g/mol. The molecule has 278 valence electrons. The maximum absolute atomic E-state index is 15.0. The molecule has 0 spiro atoms. The zero-order chi connectivity index (χ0) is 37.7. The van der Waals surface area contributed by atoms with Crippen LogP contribution in [-0.4, -0.2) is 69.0 Å². The summed E-state index contributed by atoms with van der Waals surface area (Å²) in [6.45, 7) is 6.82. The first-order valence-electron chi connectivity index (χ1n) is 15.8. The van der Waals surface area contributed by atoms with Crippen molar-refractivity contribution < 1.29 is 67.9 Å². The van der Waals surface area contributed by atoms with Crippen molar-refractivity contribution in [3.63, 3.8) is 0 Å². The Morgan fingerprint density at radius 1 is 0.837 bits per heavy atom. The predicted octanol–water partition coefficient (Wildman–Crippen LogP) is 6.95. The van der Waals surface area contributed by atoms with Gasteiger partial charge in [0.15, 0.2) is 6.61 Å². The molecule has 0 amide bonds.